The summed E-state index contributed by atoms with van der Waals surface area (Å²) in [5, 5.41) is 6.59. The number of amides is 2. The van der Waals surface area contributed by atoms with Crippen molar-refractivity contribution in [2.24, 2.45) is 10.7 Å². The van der Waals surface area contributed by atoms with Crippen LogP contribution in [0.2, 0.25) is 0 Å². The standard InChI is InChI=1S/C22H21FN6O3/c1-12-25-19(28-32-12)13-4-6-14(7-5-13)20(31)26-15-8-9-17(23)16(10-15)22(2)11-18(30)29(3)21(24)27-22/h4-10H,11H2,1-3H3,(H2,24,27)(H,26,31). The summed E-state index contributed by atoms with van der Waals surface area (Å²) in [7, 11) is 1.51. The van der Waals surface area contributed by atoms with Crippen molar-refractivity contribution in [3.8, 4) is 11.4 Å². The van der Waals surface area contributed by atoms with Gasteiger partial charge in [-0.15, -0.1) is 0 Å². The fraction of sp³-hybridized carbons (Fsp3) is 0.227. The number of carbonyl (C=O) groups excluding carboxylic acids is 2. The summed E-state index contributed by atoms with van der Waals surface area (Å²) in [4.78, 5) is 34.6. The molecule has 0 aliphatic carbocycles. The van der Waals surface area contributed by atoms with E-state index in [0.29, 0.717) is 28.5 Å². The molecular weight excluding hydrogens is 415 g/mol. The first-order valence-electron chi connectivity index (χ1n) is 9.80. The van der Waals surface area contributed by atoms with Crippen LogP contribution in [0.3, 0.4) is 0 Å². The van der Waals surface area contributed by atoms with E-state index in [0.717, 1.165) is 0 Å². The lowest BCUT2D eigenvalue weighted by Gasteiger charge is -2.34. The molecule has 3 N–H and O–H groups in total. The summed E-state index contributed by atoms with van der Waals surface area (Å²) in [6.45, 7) is 3.32. The van der Waals surface area contributed by atoms with Crippen LogP contribution >= 0.6 is 0 Å². The van der Waals surface area contributed by atoms with E-state index < -0.39 is 11.4 Å². The van der Waals surface area contributed by atoms with Crippen molar-refractivity contribution in [3.63, 3.8) is 0 Å². The quantitative estimate of drug-likeness (QED) is 0.648. The minimum absolute atomic E-state index is 0.00877. The second kappa shape index (κ2) is 7.88. The Morgan fingerprint density at radius 1 is 1.25 bits per heavy atom. The maximum absolute atomic E-state index is 14.7. The molecule has 32 heavy (non-hydrogen) atoms. The molecular formula is C22H21FN6O3. The number of carbonyl (C=O) groups is 2. The van der Waals surface area contributed by atoms with Crippen LogP contribution in [0.4, 0.5) is 10.1 Å². The summed E-state index contributed by atoms with van der Waals surface area (Å²) in [6.07, 6.45) is -0.0461. The van der Waals surface area contributed by atoms with Gasteiger partial charge in [-0.25, -0.2) is 9.38 Å². The molecule has 1 atom stereocenters. The Morgan fingerprint density at radius 2 is 1.97 bits per heavy atom. The minimum Gasteiger partial charge on any atom is -0.369 e. The Balaban J connectivity index is 1.56. The smallest absolute Gasteiger partial charge is 0.255 e. The van der Waals surface area contributed by atoms with Gasteiger partial charge in [0.25, 0.3) is 5.91 Å². The van der Waals surface area contributed by atoms with Crippen LogP contribution in [-0.2, 0) is 10.3 Å². The van der Waals surface area contributed by atoms with Crippen molar-refractivity contribution in [2.75, 3.05) is 12.4 Å². The molecule has 3 aromatic rings. The highest BCUT2D eigenvalue weighted by Gasteiger charge is 2.38. The first-order chi connectivity index (χ1) is 15.2. The number of guanidine groups is 1. The molecule has 0 saturated heterocycles. The molecule has 0 spiro atoms. The van der Waals surface area contributed by atoms with Gasteiger partial charge in [0, 0.05) is 36.3 Å². The summed E-state index contributed by atoms with van der Waals surface area (Å²) in [5.74, 6) is -0.316. The molecule has 1 unspecified atom stereocenters. The second-order valence-electron chi connectivity index (χ2n) is 7.74. The van der Waals surface area contributed by atoms with Crippen molar-refractivity contribution < 1.29 is 18.5 Å². The van der Waals surface area contributed by atoms with Crippen molar-refractivity contribution in [1.29, 1.82) is 0 Å². The van der Waals surface area contributed by atoms with E-state index in [2.05, 4.69) is 20.4 Å². The van der Waals surface area contributed by atoms with Gasteiger partial charge in [-0.1, -0.05) is 17.3 Å². The van der Waals surface area contributed by atoms with Gasteiger partial charge in [-0.2, -0.15) is 4.98 Å². The van der Waals surface area contributed by atoms with Crippen LogP contribution in [-0.4, -0.2) is 39.9 Å². The van der Waals surface area contributed by atoms with Crippen LogP contribution in [0.15, 0.2) is 52.0 Å². The number of rotatable bonds is 4. The lowest BCUT2D eigenvalue weighted by atomic mass is 9.87. The van der Waals surface area contributed by atoms with Crippen LogP contribution in [0.5, 0.6) is 0 Å². The summed E-state index contributed by atoms with van der Waals surface area (Å²) >= 11 is 0. The number of hydrogen-bond donors (Lipinski definition) is 2. The second-order valence-corrected chi connectivity index (χ2v) is 7.74. The van der Waals surface area contributed by atoms with Gasteiger partial charge >= 0.3 is 0 Å². The third-order valence-corrected chi connectivity index (χ3v) is 5.31. The number of nitrogens with one attached hydrogen (secondary N) is 1. The molecule has 1 aliphatic rings. The number of nitrogens with zero attached hydrogens (tertiary/aromatic N) is 4. The fourth-order valence-electron chi connectivity index (χ4n) is 3.47. The molecule has 0 fully saturated rings. The van der Waals surface area contributed by atoms with Gasteiger partial charge in [0.15, 0.2) is 5.96 Å². The average Bonchev–Trinajstić information content (AvgIpc) is 3.19. The molecule has 1 aliphatic heterocycles. The fourth-order valence-corrected chi connectivity index (χ4v) is 3.47. The third kappa shape index (κ3) is 3.94. The summed E-state index contributed by atoms with van der Waals surface area (Å²) in [5.41, 5.74) is 6.29. The Hall–Kier alpha value is -4.08. The maximum atomic E-state index is 14.7. The van der Waals surface area contributed by atoms with Gasteiger partial charge in [0.05, 0.1) is 12.0 Å². The van der Waals surface area contributed by atoms with Crippen molar-refractivity contribution in [1.82, 2.24) is 15.0 Å². The lowest BCUT2D eigenvalue weighted by molar-refractivity contribution is -0.128. The Kier molecular flexibility index (Phi) is 5.21. The largest absolute Gasteiger partial charge is 0.369 e. The van der Waals surface area contributed by atoms with E-state index in [1.165, 1.54) is 30.1 Å². The first kappa shape index (κ1) is 21.2. The van der Waals surface area contributed by atoms with Crippen molar-refractivity contribution in [2.45, 2.75) is 25.8 Å². The number of anilines is 1. The zero-order valence-electron chi connectivity index (χ0n) is 17.7. The zero-order chi connectivity index (χ0) is 23.0. The van der Waals surface area contributed by atoms with Gasteiger partial charge in [-0.05, 0) is 37.3 Å². The van der Waals surface area contributed by atoms with E-state index in [4.69, 9.17) is 10.3 Å². The predicted octanol–water partition coefficient (Wildman–Crippen LogP) is 2.83. The highest BCUT2D eigenvalue weighted by atomic mass is 19.1. The van der Waals surface area contributed by atoms with E-state index >= 15 is 0 Å². The Bertz CT molecular complexity index is 1240. The summed E-state index contributed by atoms with van der Waals surface area (Å²) in [6, 6.07) is 10.8. The highest BCUT2D eigenvalue weighted by molar-refractivity contribution is 6.04. The number of halogens is 1. The number of benzene rings is 2. The Labute approximate surface area is 183 Å². The molecule has 164 valence electrons. The van der Waals surface area contributed by atoms with Crippen molar-refractivity contribution >= 4 is 23.5 Å². The first-order valence-corrected chi connectivity index (χ1v) is 9.80. The number of aliphatic imine (C=N–C) groups is 1. The molecule has 0 radical (unpaired) electrons. The van der Waals surface area contributed by atoms with Gasteiger partial charge in [0.2, 0.25) is 17.6 Å². The molecule has 2 heterocycles. The van der Waals surface area contributed by atoms with E-state index in [9.17, 15) is 14.0 Å². The summed E-state index contributed by atoms with van der Waals surface area (Å²) < 4.78 is 19.6. The van der Waals surface area contributed by atoms with Crippen LogP contribution < -0.4 is 11.1 Å². The topological polar surface area (TPSA) is 127 Å². The monoisotopic (exact) mass is 436 g/mol. The molecule has 2 aromatic carbocycles. The van der Waals surface area contributed by atoms with Crippen LogP contribution in [0.25, 0.3) is 11.4 Å². The average molecular weight is 436 g/mol. The number of aromatic nitrogens is 2. The normalized spacial score (nSPS) is 18.4. The maximum Gasteiger partial charge on any atom is 0.255 e. The number of hydrogen-bond acceptors (Lipinski definition) is 7. The van der Waals surface area contributed by atoms with Crippen LogP contribution in [0.1, 0.15) is 35.2 Å². The molecule has 10 heteroatoms. The number of nitrogens with two attached hydrogens (primary N) is 1. The van der Waals surface area contributed by atoms with E-state index in [-0.39, 0.29) is 29.8 Å². The van der Waals surface area contributed by atoms with E-state index in [1.807, 2.05) is 0 Å². The van der Waals surface area contributed by atoms with Crippen molar-refractivity contribution in [3.05, 3.63) is 65.3 Å². The zero-order valence-corrected chi connectivity index (χ0v) is 17.7. The van der Waals surface area contributed by atoms with Gasteiger partial charge in [0.1, 0.15) is 5.82 Å². The highest BCUT2D eigenvalue weighted by Crippen LogP contribution is 2.36. The number of aryl methyl sites for hydroxylation is 1. The van der Waals surface area contributed by atoms with Gasteiger partial charge in [-0.3, -0.25) is 14.5 Å². The van der Waals surface area contributed by atoms with Gasteiger partial charge < -0.3 is 15.6 Å². The van der Waals surface area contributed by atoms with Crippen LogP contribution in [0, 0.1) is 12.7 Å². The Morgan fingerprint density at radius 3 is 2.59 bits per heavy atom. The molecule has 0 bridgehead atoms. The lowest BCUT2D eigenvalue weighted by Crippen LogP contribution is -2.47. The minimum atomic E-state index is -1.18. The predicted molar refractivity (Wildman–Crippen MR) is 115 cm³/mol. The third-order valence-electron chi connectivity index (χ3n) is 5.31. The molecule has 0 saturated carbocycles. The van der Waals surface area contributed by atoms with E-state index in [1.54, 1.807) is 38.1 Å². The molecule has 1 aromatic heterocycles. The molecule has 9 nitrogen and oxygen atoms in total. The molecule has 2 amide bonds. The SMILES string of the molecule is Cc1nc(-c2ccc(C(=O)Nc3ccc(F)c(C4(C)CC(=O)N(C)C(N)=N4)c3)cc2)no1. The molecule has 4 rings (SSSR count).